The number of piperazine rings is 1. The SMILES string of the molecule is O=C([C@@H]1C[C@@H]1c1ccccc1F)N1CCN([C@@H]2CCC[C@@H]2O)CC1. The lowest BCUT2D eigenvalue weighted by atomic mass is 10.1. The third kappa shape index (κ3) is 2.95. The van der Waals surface area contributed by atoms with Crippen LogP contribution in [0.2, 0.25) is 0 Å². The van der Waals surface area contributed by atoms with E-state index in [0.717, 1.165) is 51.9 Å². The second kappa shape index (κ2) is 6.45. The Hall–Kier alpha value is -1.46. The summed E-state index contributed by atoms with van der Waals surface area (Å²) < 4.78 is 13.9. The minimum Gasteiger partial charge on any atom is -0.391 e. The summed E-state index contributed by atoms with van der Waals surface area (Å²) >= 11 is 0. The maximum absolute atomic E-state index is 13.9. The van der Waals surface area contributed by atoms with Gasteiger partial charge in [0.1, 0.15) is 5.82 Å². The van der Waals surface area contributed by atoms with Crippen LogP contribution in [0.3, 0.4) is 0 Å². The Morgan fingerprint density at radius 2 is 1.88 bits per heavy atom. The first-order chi connectivity index (χ1) is 11.6. The fourth-order valence-corrected chi connectivity index (χ4v) is 4.44. The number of aliphatic hydroxyl groups is 1. The van der Waals surface area contributed by atoms with Crippen molar-refractivity contribution in [1.29, 1.82) is 0 Å². The van der Waals surface area contributed by atoms with Crippen molar-refractivity contribution in [2.45, 2.75) is 43.7 Å². The lowest BCUT2D eigenvalue weighted by molar-refractivity contribution is -0.135. The summed E-state index contributed by atoms with van der Waals surface area (Å²) in [6, 6.07) is 7.07. The number of aliphatic hydroxyl groups excluding tert-OH is 1. The van der Waals surface area contributed by atoms with Gasteiger partial charge in [-0.3, -0.25) is 9.69 Å². The van der Waals surface area contributed by atoms with Crippen LogP contribution in [0.15, 0.2) is 24.3 Å². The van der Waals surface area contributed by atoms with Gasteiger partial charge in [0.15, 0.2) is 0 Å². The molecule has 1 N–H and O–H groups in total. The molecule has 2 saturated carbocycles. The second-order valence-corrected chi connectivity index (χ2v) is 7.40. The summed E-state index contributed by atoms with van der Waals surface area (Å²) in [5, 5.41) is 10.0. The number of benzene rings is 1. The third-order valence-electron chi connectivity index (χ3n) is 5.95. The van der Waals surface area contributed by atoms with Gasteiger partial charge in [-0.2, -0.15) is 0 Å². The molecule has 0 spiro atoms. The van der Waals surface area contributed by atoms with Crippen LogP contribution in [0, 0.1) is 11.7 Å². The van der Waals surface area contributed by atoms with Crippen LogP contribution in [-0.2, 0) is 4.79 Å². The quantitative estimate of drug-likeness (QED) is 0.921. The molecule has 0 aromatic heterocycles. The van der Waals surface area contributed by atoms with E-state index in [2.05, 4.69) is 4.90 Å². The second-order valence-electron chi connectivity index (χ2n) is 7.40. The normalized spacial score (nSPS) is 33.7. The van der Waals surface area contributed by atoms with Crippen LogP contribution in [-0.4, -0.2) is 59.1 Å². The van der Waals surface area contributed by atoms with Crippen molar-refractivity contribution in [2.24, 2.45) is 5.92 Å². The fourth-order valence-electron chi connectivity index (χ4n) is 4.44. The largest absolute Gasteiger partial charge is 0.391 e. The number of hydrogen-bond donors (Lipinski definition) is 1. The van der Waals surface area contributed by atoms with E-state index in [-0.39, 0.29) is 35.7 Å². The van der Waals surface area contributed by atoms with Gasteiger partial charge in [0.25, 0.3) is 0 Å². The van der Waals surface area contributed by atoms with Gasteiger partial charge in [-0.15, -0.1) is 0 Å². The highest BCUT2D eigenvalue weighted by Crippen LogP contribution is 2.49. The first-order valence-corrected chi connectivity index (χ1v) is 9.10. The average Bonchev–Trinajstić information content (AvgIpc) is 3.28. The lowest BCUT2D eigenvalue weighted by Crippen LogP contribution is -2.54. The smallest absolute Gasteiger partial charge is 0.226 e. The molecule has 4 rings (SSSR count). The topological polar surface area (TPSA) is 43.8 Å². The highest BCUT2D eigenvalue weighted by atomic mass is 19.1. The molecule has 130 valence electrons. The molecule has 3 aliphatic rings. The Balaban J connectivity index is 1.32. The molecule has 2 aliphatic carbocycles. The molecular weight excluding hydrogens is 307 g/mol. The Morgan fingerprint density at radius 1 is 1.12 bits per heavy atom. The molecule has 4 atom stereocenters. The number of rotatable bonds is 3. The molecule has 0 bridgehead atoms. The molecule has 1 amide bonds. The van der Waals surface area contributed by atoms with E-state index in [0.29, 0.717) is 5.56 Å². The summed E-state index contributed by atoms with van der Waals surface area (Å²) in [5.74, 6) is -0.0216. The molecule has 1 heterocycles. The van der Waals surface area contributed by atoms with Crippen LogP contribution < -0.4 is 0 Å². The van der Waals surface area contributed by atoms with Crippen molar-refractivity contribution in [3.05, 3.63) is 35.6 Å². The Kier molecular flexibility index (Phi) is 4.31. The number of amides is 1. The zero-order chi connectivity index (χ0) is 16.7. The highest BCUT2D eigenvalue weighted by molar-refractivity contribution is 5.83. The van der Waals surface area contributed by atoms with E-state index in [1.165, 1.54) is 6.07 Å². The van der Waals surface area contributed by atoms with Crippen molar-refractivity contribution >= 4 is 5.91 Å². The summed E-state index contributed by atoms with van der Waals surface area (Å²) in [7, 11) is 0. The number of nitrogens with zero attached hydrogens (tertiary/aromatic N) is 2. The van der Waals surface area contributed by atoms with Crippen molar-refractivity contribution < 1.29 is 14.3 Å². The zero-order valence-electron chi connectivity index (χ0n) is 13.9. The first-order valence-electron chi connectivity index (χ1n) is 9.10. The van der Waals surface area contributed by atoms with Crippen LogP contribution in [0.4, 0.5) is 4.39 Å². The maximum atomic E-state index is 13.9. The third-order valence-corrected chi connectivity index (χ3v) is 5.95. The first kappa shape index (κ1) is 16.0. The number of carbonyl (C=O) groups is 1. The molecule has 1 aliphatic heterocycles. The highest BCUT2D eigenvalue weighted by Gasteiger charge is 2.47. The molecule has 0 radical (unpaired) electrons. The van der Waals surface area contributed by atoms with Crippen LogP contribution in [0.25, 0.3) is 0 Å². The lowest BCUT2D eigenvalue weighted by Gasteiger charge is -2.39. The van der Waals surface area contributed by atoms with E-state index in [4.69, 9.17) is 0 Å². The molecule has 1 saturated heterocycles. The van der Waals surface area contributed by atoms with Crippen molar-refractivity contribution in [1.82, 2.24) is 9.80 Å². The zero-order valence-corrected chi connectivity index (χ0v) is 13.9. The maximum Gasteiger partial charge on any atom is 0.226 e. The van der Waals surface area contributed by atoms with E-state index in [1.807, 2.05) is 11.0 Å². The Morgan fingerprint density at radius 3 is 2.54 bits per heavy atom. The van der Waals surface area contributed by atoms with Crippen LogP contribution >= 0.6 is 0 Å². The molecular formula is C19H25FN2O2. The monoisotopic (exact) mass is 332 g/mol. The molecule has 1 aromatic carbocycles. The standard InChI is InChI=1S/C19H25FN2O2/c20-16-5-2-1-4-13(16)14-12-15(14)19(24)22-10-8-21(9-11-22)17-6-3-7-18(17)23/h1-2,4-5,14-15,17-18,23H,3,6-12H2/t14-,15-,17-,18+/m1/s1. The summed E-state index contributed by atoms with van der Waals surface area (Å²) in [6.07, 6.45) is 3.61. The van der Waals surface area contributed by atoms with Gasteiger partial charge < -0.3 is 10.0 Å². The van der Waals surface area contributed by atoms with Gasteiger partial charge in [-0.25, -0.2) is 4.39 Å². The van der Waals surface area contributed by atoms with Gasteiger partial charge in [0.05, 0.1) is 6.10 Å². The van der Waals surface area contributed by atoms with Gasteiger partial charge in [0, 0.05) is 38.1 Å². The van der Waals surface area contributed by atoms with Gasteiger partial charge >= 0.3 is 0 Å². The molecule has 3 fully saturated rings. The average molecular weight is 332 g/mol. The number of carbonyl (C=O) groups excluding carboxylic acids is 1. The molecule has 24 heavy (non-hydrogen) atoms. The van der Waals surface area contributed by atoms with E-state index in [1.54, 1.807) is 12.1 Å². The molecule has 0 unspecified atom stereocenters. The van der Waals surface area contributed by atoms with E-state index < -0.39 is 0 Å². The van der Waals surface area contributed by atoms with Crippen molar-refractivity contribution in [2.75, 3.05) is 26.2 Å². The van der Waals surface area contributed by atoms with E-state index in [9.17, 15) is 14.3 Å². The van der Waals surface area contributed by atoms with Crippen molar-refractivity contribution in [3.63, 3.8) is 0 Å². The molecule has 1 aromatic rings. The summed E-state index contributed by atoms with van der Waals surface area (Å²) in [4.78, 5) is 17.0. The van der Waals surface area contributed by atoms with Gasteiger partial charge in [-0.05, 0) is 43.2 Å². The van der Waals surface area contributed by atoms with Crippen LogP contribution in [0.5, 0.6) is 0 Å². The number of hydrogen-bond acceptors (Lipinski definition) is 3. The van der Waals surface area contributed by atoms with Gasteiger partial charge in [0.2, 0.25) is 5.91 Å². The summed E-state index contributed by atoms with van der Waals surface area (Å²) in [5.41, 5.74) is 0.684. The predicted octanol–water partition coefficient (Wildman–Crippen LogP) is 1.99. The minimum atomic E-state index is -0.207. The molecule has 4 nitrogen and oxygen atoms in total. The fraction of sp³-hybridized carbons (Fsp3) is 0.632. The Bertz CT molecular complexity index is 615. The van der Waals surface area contributed by atoms with Crippen molar-refractivity contribution in [3.8, 4) is 0 Å². The Labute approximate surface area is 142 Å². The van der Waals surface area contributed by atoms with Crippen LogP contribution in [0.1, 0.15) is 37.2 Å². The molecule has 5 heteroatoms. The predicted molar refractivity (Wildman–Crippen MR) is 89.0 cm³/mol. The van der Waals surface area contributed by atoms with E-state index >= 15 is 0 Å². The summed E-state index contributed by atoms with van der Waals surface area (Å²) in [6.45, 7) is 3.13. The minimum absolute atomic E-state index is 0.0494. The number of halogens is 1. The van der Waals surface area contributed by atoms with Gasteiger partial charge in [-0.1, -0.05) is 18.2 Å².